The molecule has 30 heavy (non-hydrogen) atoms. The summed E-state index contributed by atoms with van der Waals surface area (Å²) in [5.41, 5.74) is 0.912. The van der Waals surface area contributed by atoms with Gasteiger partial charge in [-0.1, -0.05) is 24.3 Å². The van der Waals surface area contributed by atoms with Crippen molar-refractivity contribution in [3.63, 3.8) is 0 Å². The van der Waals surface area contributed by atoms with Crippen LogP contribution in [0.5, 0.6) is 11.5 Å². The molecule has 1 heterocycles. The summed E-state index contributed by atoms with van der Waals surface area (Å²) in [6, 6.07) is 17.6. The summed E-state index contributed by atoms with van der Waals surface area (Å²) in [6.07, 6.45) is 0. The zero-order valence-corrected chi connectivity index (χ0v) is 16.0. The highest BCUT2D eigenvalue weighted by Gasteiger charge is 2.28. The predicted octanol–water partition coefficient (Wildman–Crippen LogP) is 4.62. The van der Waals surface area contributed by atoms with Crippen molar-refractivity contribution in [1.82, 2.24) is 0 Å². The van der Waals surface area contributed by atoms with E-state index in [2.05, 4.69) is 5.32 Å². The van der Waals surface area contributed by atoms with E-state index in [0.29, 0.717) is 29.4 Å². The van der Waals surface area contributed by atoms with E-state index >= 15 is 0 Å². The van der Waals surface area contributed by atoms with Crippen LogP contribution >= 0.6 is 0 Å². The van der Waals surface area contributed by atoms with Crippen molar-refractivity contribution in [3.8, 4) is 11.5 Å². The number of amides is 2. The lowest BCUT2D eigenvalue weighted by Crippen LogP contribution is -2.29. The summed E-state index contributed by atoms with van der Waals surface area (Å²) < 4.78 is 5.94. The van der Waals surface area contributed by atoms with Gasteiger partial charge < -0.3 is 15.0 Å². The first-order chi connectivity index (χ1) is 14.5. The maximum Gasteiger partial charge on any atom is 0.282 e. The number of nitro groups is 1. The first-order valence-corrected chi connectivity index (χ1v) is 9.27. The molecule has 0 spiro atoms. The number of fused-ring (bicyclic) bond motifs is 2. The zero-order chi connectivity index (χ0) is 21.3. The third-order valence-corrected chi connectivity index (χ3v) is 4.75. The van der Waals surface area contributed by atoms with E-state index in [1.807, 2.05) is 19.1 Å². The fourth-order valence-electron chi connectivity index (χ4n) is 3.34. The van der Waals surface area contributed by atoms with Crippen LogP contribution < -0.4 is 15.0 Å². The van der Waals surface area contributed by atoms with Gasteiger partial charge in [0.2, 0.25) is 0 Å². The Hall–Kier alpha value is -4.20. The second-order valence-corrected chi connectivity index (χ2v) is 6.56. The van der Waals surface area contributed by atoms with Crippen molar-refractivity contribution < 1.29 is 19.2 Å². The molecule has 0 radical (unpaired) electrons. The van der Waals surface area contributed by atoms with E-state index in [0.717, 1.165) is 0 Å². The summed E-state index contributed by atoms with van der Waals surface area (Å²) in [4.78, 5) is 37.9. The van der Waals surface area contributed by atoms with Gasteiger partial charge in [-0.15, -0.1) is 0 Å². The largest absolute Gasteiger partial charge is 0.454 e. The molecule has 8 nitrogen and oxygen atoms in total. The van der Waals surface area contributed by atoms with Gasteiger partial charge in [0.25, 0.3) is 17.5 Å². The molecule has 0 fully saturated rings. The van der Waals surface area contributed by atoms with Crippen LogP contribution in [0.3, 0.4) is 0 Å². The molecular weight excluding hydrogens is 386 g/mol. The van der Waals surface area contributed by atoms with Gasteiger partial charge in [0.05, 0.1) is 16.2 Å². The number of nitrogens with zero attached hydrogens (tertiary/aromatic N) is 2. The molecule has 3 aromatic carbocycles. The molecule has 1 aliphatic rings. The summed E-state index contributed by atoms with van der Waals surface area (Å²) in [5.74, 6) is 0.0225. The SMILES string of the molecule is CCN1C(=O)c2cc(NC(=O)c3ccccc3[N+](=O)[O-])ccc2Oc2ccccc21. The minimum Gasteiger partial charge on any atom is -0.454 e. The summed E-state index contributed by atoms with van der Waals surface area (Å²) in [5, 5.41) is 13.8. The summed E-state index contributed by atoms with van der Waals surface area (Å²) in [6.45, 7) is 2.30. The fraction of sp³-hybridized carbons (Fsp3) is 0.0909. The minimum atomic E-state index is -0.639. The van der Waals surface area contributed by atoms with Crippen LogP contribution in [-0.2, 0) is 0 Å². The van der Waals surface area contributed by atoms with Crippen molar-refractivity contribution in [3.05, 3.63) is 88.0 Å². The number of hydrogen-bond donors (Lipinski definition) is 1. The van der Waals surface area contributed by atoms with Crippen LogP contribution in [0, 0.1) is 10.1 Å². The van der Waals surface area contributed by atoms with Gasteiger partial charge in [-0.25, -0.2) is 0 Å². The molecule has 150 valence electrons. The maximum absolute atomic E-state index is 13.1. The van der Waals surface area contributed by atoms with Gasteiger partial charge in [0.15, 0.2) is 5.75 Å². The summed E-state index contributed by atoms with van der Waals surface area (Å²) in [7, 11) is 0. The molecule has 2 amide bonds. The second kappa shape index (κ2) is 7.67. The van der Waals surface area contributed by atoms with Gasteiger partial charge >= 0.3 is 0 Å². The Morgan fingerprint density at radius 2 is 1.80 bits per heavy atom. The Bertz CT molecular complexity index is 1170. The molecule has 1 N–H and O–H groups in total. The lowest BCUT2D eigenvalue weighted by Gasteiger charge is -2.19. The van der Waals surface area contributed by atoms with E-state index < -0.39 is 10.8 Å². The highest BCUT2D eigenvalue weighted by Crippen LogP contribution is 2.39. The molecular formula is C22H17N3O5. The van der Waals surface area contributed by atoms with Crippen molar-refractivity contribution in [1.29, 1.82) is 0 Å². The van der Waals surface area contributed by atoms with E-state index in [-0.39, 0.29) is 22.7 Å². The molecule has 3 aromatic rings. The second-order valence-electron chi connectivity index (χ2n) is 6.56. The van der Waals surface area contributed by atoms with E-state index in [1.165, 1.54) is 24.3 Å². The third kappa shape index (κ3) is 3.35. The maximum atomic E-state index is 13.1. The molecule has 0 atom stereocenters. The lowest BCUT2D eigenvalue weighted by atomic mass is 10.1. The first-order valence-electron chi connectivity index (χ1n) is 9.27. The number of benzene rings is 3. The molecule has 0 saturated carbocycles. The zero-order valence-electron chi connectivity index (χ0n) is 16.0. The molecule has 0 aliphatic carbocycles. The van der Waals surface area contributed by atoms with Gasteiger partial charge in [-0.2, -0.15) is 0 Å². The highest BCUT2D eigenvalue weighted by molar-refractivity contribution is 6.11. The number of carbonyl (C=O) groups is 2. The van der Waals surface area contributed by atoms with Crippen LogP contribution in [0.1, 0.15) is 27.6 Å². The van der Waals surface area contributed by atoms with E-state index in [1.54, 1.807) is 35.2 Å². The molecule has 1 aliphatic heterocycles. The Morgan fingerprint density at radius 3 is 2.57 bits per heavy atom. The number of carbonyl (C=O) groups excluding carboxylic acids is 2. The van der Waals surface area contributed by atoms with E-state index in [4.69, 9.17) is 4.74 Å². The predicted molar refractivity (Wildman–Crippen MR) is 111 cm³/mol. The summed E-state index contributed by atoms with van der Waals surface area (Å²) >= 11 is 0. The van der Waals surface area contributed by atoms with Crippen molar-refractivity contribution in [2.24, 2.45) is 0 Å². The van der Waals surface area contributed by atoms with Crippen molar-refractivity contribution in [2.45, 2.75) is 6.92 Å². The van der Waals surface area contributed by atoms with Crippen LogP contribution in [0.15, 0.2) is 66.7 Å². The number of rotatable bonds is 4. The van der Waals surface area contributed by atoms with Crippen LogP contribution in [0.4, 0.5) is 17.1 Å². The average molecular weight is 403 g/mol. The average Bonchev–Trinajstić information content (AvgIpc) is 2.87. The standard InChI is InChI=1S/C22H17N3O5/c1-2-24-18-9-5-6-10-20(18)30-19-12-11-14(13-16(19)22(24)27)23-21(26)15-7-3-4-8-17(15)25(28)29/h3-13H,2H2,1H3,(H,23,26). The smallest absolute Gasteiger partial charge is 0.282 e. The van der Waals surface area contributed by atoms with Gasteiger partial charge in [0, 0.05) is 18.3 Å². The molecule has 0 bridgehead atoms. The van der Waals surface area contributed by atoms with E-state index in [9.17, 15) is 19.7 Å². The first kappa shape index (κ1) is 19.1. The van der Waals surface area contributed by atoms with Crippen LogP contribution in [-0.4, -0.2) is 23.3 Å². The number of anilines is 2. The minimum absolute atomic E-state index is 0.0670. The molecule has 0 unspecified atom stereocenters. The number of hydrogen-bond acceptors (Lipinski definition) is 5. The molecule has 4 rings (SSSR count). The van der Waals surface area contributed by atoms with Crippen LogP contribution in [0.2, 0.25) is 0 Å². The number of nitrogens with one attached hydrogen (secondary N) is 1. The quantitative estimate of drug-likeness (QED) is 0.506. The Morgan fingerprint density at radius 1 is 1.07 bits per heavy atom. The normalized spacial score (nSPS) is 12.3. The molecule has 0 aromatic heterocycles. The molecule has 8 heteroatoms. The topological polar surface area (TPSA) is 102 Å². The number of para-hydroxylation sites is 3. The number of ether oxygens (including phenoxy) is 1. The van der Waals surface area contributed by atoms with Gasteiger partial charge in [0.1, 0.15) is 11.3 Å². The monoisotopic (exact) mass is 403 g/mol. The van der Waals surface area contributed by atoms with Crippen molar-refractivity contribution in [2.75, 3.05) is 16.8 Å². The fourth-order valence-corrected chi connectivity index (χ4v) is 3.34. The Labute approximate surface area is 171 Å². The Kier molecular flexibility index (Phi) is 4.89. The van der Waals surface area contributed by atoms with Gasteiger partial charge in [-0.05, 0) is 43.3 Å². The highest BCUT2D eigenvalue weighted by atomic mass is 16.6. The Balaban J connectivity index is 1.69. The van der Waals surface area contributed by atoms with Crippen LogP contribution in [0.25, 0.3) is 0 Å². The van der Waals surface area contributed by atoms with Gasteiger partial charge in [-0.3, -0.25) is 19.7 Å². The lowest BCUT2D eigenvalue weighted by molar-refractivity contribution is -0.385. The number of nitro benzene ring substituents is 1. The van der Waals surface area contributed by atoms with Crippen molar-refractivity contribution >= 4 is 28.9 Å². The third-order valence-electron chi connectivity index (χ3n) is 4.75. The molecule has 0 saturated heterocycles.